The lowest BCUT2D eigenvalue weighted by atomic mass is 10.0. The van der Waals surface area contributed by atoms with Crippen molar-refractivity contribution >= 4 is 12.0 Å². The number of hydrogen-bond donors (Lipinski definition) is 2. The molecule has 5 heteroatoms. The van der Waals surface area contributed by atoms with Crippen LogP contribution < -0.4 is 5.32 Å². The third-order valence-electron chi connectivity index (χ3n) is 3.05. The van der Waals surface area contributed by atoms with E-state index in [1.165, 1.54) is 4.90 Å². The standard InChI is InChI=1S/C14H22N2O3/c1-4-7-16(9-11-5-6-11)14(19)15-12(13(17)18)8-10(2)3/h1,10-12H,5-9H2,2-3H3,(H,15,19)(H,17,18)/t12-/m1/s1. The van der Waals surface area contributed by atoms with E-state index in [-0.39, 0.29) is 18.5 Å². The first kappa shape index (κ1) is 15.4. The minimum Gasteiger partial charge on any atom is -0.480 e. The Labute approximate surface area is 114 Å². The number of terminal acetylenes is 1. The predicted octanol–water partition coefficient (Wildman–Crippen LogP) is 1.54. The number of carbonyl (C=O) groups excluding carboxylic acids is 1. The second-order valence-corrected chi connectivity index (χ2v) is 5.50. The van der Waals surface area contributed by atoms with Crippen LogP contribution in [0.5, 0.6) is 0 Å². The number of carbonyl (C=O) groups is 2. The number of urea groups is 1. The molecule has 0 radical (unpaired) electrons. The molecule has 1 atom stereocenters. The molecule has 0 bridgehead atoms. The molecular weight excluding hydrogens is 244 g/mol. The van der Waals surface area contributed by atoms with Gasteiger partial charge in [0.2, 0.25) is 0 Å². The summed E-state index contributed by atoms with van der Waals surface area (Å²) < 4.78 is 0. The van der Waals surface area contributed by atoms with Gasteiger partial charge in [0.05, 0.1) is 6.54 Å². The third-order valence-corrected chi connectivity index (χ3v) is 3.05. The topological polar surface area (TPSA) is 69.6 Å². The minimum absolute atomic E-state index is 0.200. The van der Waals surface area contributed by atoms with Gasteiger partial charge in [0, 0.05) is 6.54 Å². The van der Waals surface area contributed by atoms with Crippen LogP contribution in [-0.4, -0.2) is 41.1 Å². The minimum atomic E-state index is -1.01. The zero-order valence-corrected chi connectivity index (χ0v) is 11.6. The van der Waals surface area contributed by atoms with E-state index >= 15 is 0 Å². The number of carboxylic acid groups (broad SMARTS) is 1. The molecule has 0 aromatic carbocycles. The van der Waals surface area contributed by atoms with Crippen molar-refractivity contribution in [1.29, 1.82) is 0 Å². The van der Waals surface area contributed by atoms with Crippen molar-refractivity contribution in [3.63, 3.8) is 0 Å². The van der Waals surface area contributed by atoms with Gasteiger partial charge in [0.1, 0.15) is 6.04 Å². The first-order valence-electron chi connectivity index (χ1n) is 6.65. The number of nitrogens with one attached hydrogen (secondary N) is 1. The van der Waals surface area contributed by atoms with Crippen molar-refractivity contribution in [3.8, 4) is 12.3 Å². The highest BCUT2D eigenvalue weighted by Gasteiger charge is 2.28. The van der Waals surface area contributed by atoms with Crippen molar-refractivity contribution in [2.75, 3.05) is 13.1 Å². The Kier molecular flexibility index (Phi) is 5.68. The van der Waals surface area contributed by atoms with Crippen LogP contribution in [0.1, 0.15) is 33.1 Å². The Bertz CT molecular complexity index is 369. The summed E-state index contributed by atoms with van der Waals surface area (Å²) in [5, 5.41) is 11.7. The maximum Gasteiger partial charge on any atom is 0.326 e. The van der Waals surface area contributed by atoms with Gasteiger partial charge in [-0.15, -0.1) is 6.42 Å². The number of hydrogen-bond acceptors (Lipinski definition) is 2. The Hall–Kier alpha value is -1.70. The van der Waals surface area contributed by atoms with E-state index < -0.39 is 12.0 Å². The van der Waals surface area contributed by atoms with E-state index in [0.717, 1.165) is 12.8 Å². The first-order valence-corrected chi connectivity index (χ1v) is 6.65. The molecule has 0 spiro atoms. The average Bonchev–Trinajstić information content (AvgIpc) is 3.10. The fourth-order valence-corrected chi connectivity index (χ4v) is 1.87. The van der Waals surface area contributed by atoms with Gasteiger partial charge in [-0.3, -0.25) is 0 Å². The molecule has 19 heavy (non-hydrogen) atoms. The zero-order chi connectivity index (χ0) is 14.4. The van der Waals surface area contributed by atoms with Crippen LogP contribution >= 0.6 is 0 Å². The van der Waals surface area contributed by atoms with Crippen molar-refractivity contribution < 1.29 is 14.7 Å². The lowest BCUT2D eigenvalue weighted by Gasteiger charge is -2.24. The molecule has 0 aromatic rings. The van der Waals surface area contributed by atoms with Crippen LogP contribution in [0.15, 0.2) is 0 Å². The van der Waals surface area contributed by atoms with Crippen molar-refractivity contribution in [3.05, 3.63) is 0 Å². The monoisotopic (exact) mass is 266 g/mol. The molecule has 0 heterocycles. The van der Waals surface area contributed by atoms with E-state index in [1.807, 2.05) is 13.8 Å². The maximum atomic E-state index is 12.0. The molecule has 0 unspecified atom stereocenters. The molecule has 1 aliphatic rings. The highest BCUT2D eigenvalue weighted by Crippen LogP contribution is 2.29. The highest BCUT2D eigenvalue weighted by atomic mass is 16.4. The van der Waals surface area contributed by atoms with Gasteiger partial charge in [0.15, 0.2) is 0 Å². The fraction of sp³-hybridized carbons (Fsp3) is 0.714. The number of nitrogens with zero attached hydrogens (tertiary/aromatic N) is 1. The number of amides is 2. The second kappa shape index (κ2) is 7.03. The molecule has 0 aliphatic heterocycles. The lowest BCUT2D eigenvalue weighted by molar-refractivity contribution is -0.139. The van der Waals surface area contributed by atoms with E-state index in [1.54, 1.807) is 0 Å². The van der Waals surface area contributed by atoms with Gasteiger partial charge in [-0.05, 0) is 31.1 Å². The summed E-state index contributed by atoms with van der Waals surface area (Å²) in [5.74, 6) is 2.16. The van der Waals surface area contributed by atoms with Gasteiger partial charge >= 0.3 is 12.0 Å². The normalized spacial score (nSPS) is 15.7. The summed E-state index contributed by atoms with van der Waals surface area (Å²) >= 11 is 0. The van der Waals surface area contributed by atoms with E-state index in [2.05, 4.69) is 11.2 Å². The Morgan fingerprint density at radius 2 is 2.11 bits per heavy atom. The molecular formula is C14H22N2O3. The quantitative estimate of drug-likeness (QED) is 0.687. The van der Waals surface area contributed by atoms with Gasteiger partial charge in [-0.2, -0.15) is 0 Å². The molecule has 1 fully saturated rings. The smallest absolute Gasteiger partial charge is 0.326 e. The largest absolute Gasteiger partial charge is 0.480 e. The average molecular weight is 266 g/mol. The summed E-state index contributed by atoms with van der Waals surface area (Å²) in [4.78, 5) is 24.7. The fourth-order valence-electron chi connectivity index (χ4n) is 1.87. The Morgan fingerprint density at radius 3 is 2.53 bits per heavy atom. The summed E-state index contributed by atoms with van der Waals surface area (Å²) in [6.45, 7) is 4.68. The molecule has 0 saturated heterocycles. The Balaban J connectivity index is 2.56. The van der Waals surface area contributed by atoms with Crippen molar-refractivity contribution in [2.45, 2.75) is 39.2 Å². The SMILES string of the molecule is C#CCN(CC1CC1)C(=O)N[C@H](CC(C)C)C(=O)O. The Morgan fingerprint density at radius 1 is 1.47 bits per heavy atom. The van der Waals surface area contributed by atoms with Crippen molar-refractivity contribution in [2.24, 2.45) is 11.8 Å². The number of carboxylic acids is 1. The summed E-state index contributed by atoms with van der Waals surface area (Å²) in [5.41, 5.74) is 0. The van der Waals surface area contributed by atoms with Gasteiger partial charge in [-0.1, -0.05) is 19.8 Å². The zero-order valence-electron chi connectivity index (χ0n) is 11.6. The summed E-state index contributed by atoms with van der Waals surface area (Å²) in [7, 11) is 0. The highest BCUT2D eigenvalue weighted by molar-refractivity contribution is 5.82. The van der Waals surface area contributed by atoms with E-state index in [0.29, 0.717) is 18.9 Å². The summed E-state index contributed by atoms with van der Waals surface area (Å²) in [6.07, 6.45) is 7.89. The van der Waals surface area contributed by atoms with Crippen LogP contribution in [0.25, 0.3) is 0 Å². The summed E-state index contributed by atoms with van der Waals surface area (Å²) in [6, 6.07) is -1.23. The molecule has 5 nitrogen and oxygen atoms in total. The van der Waals surface area contributed by atoms with Crippen LogP contribution in [0, 0.1) is 24.2 Å². The third kappa shape index (κ3) is 5.64. The second-order valence-electron chi connectivity index (χ2n) is 5.50. The van der Waals surface area contributed by atoms with Gasteiger partial charge in [-0.25, -0.2) is 9.59 Å². The van der Waals surface area contributed by atoms with Gasteiger partial charge < -0.3 is 15.3 Å². The van der Waals surface area contributed by atoms with Crippen LogP contribution in [-0.2, 0) is 4.79 Å². The van der Waals surface area contributed by atoms with Gasteiger partial charge in [0.25, 0.3) is 0 Å². The maximum absolute atomic E-state index is 12.0. The molecule has 1 saturated carbocycles. The van der Waals surface area contributed by atoms with Crippen LogP contribution in [0.3, 0.4) is 0 Å². The van der Waals surface area contributed by atoms with Crippen LogP contribution in [0.2, 0.25) is 0 Å². The molecule has 106 valence electrons. The molecule has 1 rings (SSSR count). The van der Waals surface area contributed by atoms with E-state index in [4.69, 9.17) is 11.5 Å². The molecule has 2 amide bonds. The van der Waals surface area contributed by atoms with Crippen molar-refractivity contribution in [1.82, 2.24) is 10.2 Å². The number of aliphatic carboxylic acids is 1. The molecule has 1 aliphatic carbocycles. The molecule has 2 N–H and O–H groups in total. The first-order chi connectivity index (χ1) is 8.93. The van der Waals surface area contributed by atoms with E-state index in [9.17, 15) is 9.59 Å². The molecule has 0 aromatic heterocycles. The predicted molar refractivity (Wildman–Crippen MR) is 72.5 cm³/mol. The number of rotatable bonds is 7. The lowest BCUT2D eigenvalue weighted by Crippen LogP contribution is -2.49. The van der Waals surface area contributed by atoms with Crippen LogP contribution in [0.4, 0.5) is 4.79 Å².